The highest BCUT2D eigenvalue weighted by atomic mass is 16.5. The van der Waals surface area contributed by atoms with Gasteiger partial charge in [0.25, 0.3) is 0 Å². The molecule has 0 radical (unpaired) electrons. The Morgan fingerprint density at radius 3 is 0.707 bits per heavy atom. The largest absolute Gasteiger partial charge is 0.478 e. The van der Waals surface area contributed by atoms with Crippen molar-refractivity contribution in [3.05, 3.63) is 34.4 Å². The highest BCUT2D eigenvalue weighted by Crippen LogP contribution is 2.22. The van der Waals surface area contributed by atoms with E-state index in [1.165, 1.54) is 180 Å². The lowest BCUT2D eigenvalue weighted by molar-refractivity contribution is 0.0449. The summed E-state index contributed by atoms with van der Waals surface area (Å²) < 4.78 is 10.9. The second-order valence-corrected chi connectivity index (χ2v) is 16.8. The molecule has 0 spiro atoms. The molecule has 0 saturated carbocycles. The summed E-state index contributed by atoms with van der Waals surface area (Å²) in [5.41, 5.74) is -1.72. The first-order valence-corrected chi connectivity index (χ1v) is 24.3. The summed E-state index contributed by atoms with van der Waals surface area (Å²) in [5.74, 6) is -4.72. The third-order valence-corrected chi connectivity index (χ3v) is 11.5. The van der Waals surface area contributed by atoms with Gasteiger partial charge in [0.15, 0.2) is 0 Å². The molecule has 2 N–H and O–H groups in total. The van der Waals surface area contributed by atoms with E-state index in [-0.39, 0.29) is 24.3 Å². The predicted molar refractivity (Wildman–Crippen MR) is 238 cm³/mol. The number of ether oxygens (including phenoxy) is 2. The molecule has 0 fully saturated rings. The van der Waals surface area contributed by atoms with Crippen molar-refractivity contribution < 1.29 is 38.9 Å². The molecule has 0 bridgehead atoms. The van der Waals surface area contributed by atoms with Crippen LogP contribution < -0.4 is 0 Å². The molecular formula is C50H86O8. The SMILES string of the molecule is CCCCCCCCCCCCCCCCCCCCOC(=O)c1cc(C(=O)O)c(C(=O)O)cc1C(=O)OCCCCCCCCCCCCCCCCCCCC. The van der Waals surface area contributed by atoms with Gasteiger partial charge in [-0.1, -0.05) is 232 Å². The van der Waals surface area contributed by atoms with E-state index in [0.29, 0.717) is 12.8 Å². The van der Waals surface area contributed by atoms with Crippen molar-refractivity contribution in [2.45, 2.75) is 245 Å². The van der Waals surface area contributed by atoms with Gasteiger partial charge in [-0.15, -0.1) is 0 Å². The van der Waals surface area contributed by atoms with E-state index in [1.807, 2.05) is 0 Å². The van der Waals surface area contributed by atoms with Gasteiger partial charge in [0.2, 0.25) is 0 Å². The highest BCUT2D eigenvalue weighted by molar-refractivity contribution is 6.09. The number of hydrogen-bond acceptors (Lipinski definition) is 6. The fourth-order valence-corrected chi connectivity index (χ4v) is 7.78. The molecule has 0 aliphatic carbocycles. The Morgan fingerprint density at radius 1 is 0.328 bits per heavy atom. The number of carboxylic acids is 2. The van der Waals surface area contributed by atoms with Gasteiger partial charge >= 0.3 is 23.9 Å². The predicted octanol–water partition coefficient (Wildman–Crippen LogP) is 15.5. The summed E-state index contributed by atoms with van der Waals surface area (Å²) in [6.45, 7) is 4.79. The molecule has 0 saturated heterocycles. The van der Waals surface area contributed by atoms with Gasteiger partial charge in [0.05, 0.1) is 35.5 Å². The van der Waals surface area contributed by atoms with Crippen molar-refractivity contribution in [1.29, 1.82) is 0 Å². The minimum Gasteiger partial charge on any atom is -0.478 e. The second kappa shape index (κ2) is 38.3. The maximum Gasteiger partial charge on any atom is 0.339 e. The van der Waals surface area contributed by atoms with Gasteiger partial charge in [-0.3, -0.25) is 0 Å². The van der Waals surface area contributed by atoms with Crippen molar-refractivity contribution in [2.75, 3.05) is 13.2 Å². The maximum absolute atomic E-state index is 13.1. The van der Waals surface area contributed by atoms with Crippen LogP contribution in [0.1, 0.15) is 286 Å². The number of aromatic carboxylic acids is 2. The minimum atomic E-state index is -1.51. The zero-order valence-corrected chi connectivity index (χ0v) is 37.4. The lowest BCUT2D eigenvalue weighted by atomic mass is 9.98. The van der Waals surface area contributed by atoms with E-state index in [1.54, 1.807) is 0 Å². The average molecular weight is 815 g/mol. The normalized spacial score (nSPS) is 11.2. The molecule has 8 nitrogen and oxygen atoms in total. The summed E-state index contributed by atoms with van der Waals surface area (Å²) in [5, 5.41) is 19.3. The van der Waals surface area contributed by atoms with E-state index in [2.05, 4.69) is 13.8 Å². The molecular weight excluding hydrogens is 729 g/mol. The summed E-state index contributed by atoms with van der Waals surface area (Å²) in [6, 6.07) is 1.85. The molecule has 8 heteroatoms. The van der Waals surface area contributed by atoms with E-state index < -0.39 is 35.0 Å². The van der Waals surface area contributed by atoms with E-state index in [9.17, 15) is 29.4 Å². The lowest BCUT2D eigenvalue weighted by Gasteiger charge is -2.13. The number of benzene rings is 1. The zero-order chi connectivity index (χ0) is 42.3. The van der Waals surface area contributed by atoms with Crippen molar-refractivity contribution in [3.63, 3.8) is 0 Å². The Labute approximate surface area is 354 Å². The van der Waals surface area contributed by atoms with Crippen molar-refractivity contribution >= 4 is 23.9 Å². The van der Waals surface area contributed by atoms with Crippen LogP contribution in [0.25, 0.3) is 0 Å². The van der Waals surface area contributed by atoms with Gasteiger partial charge in [0.1, 0.15) is 0 Å². The van der Waals surface area contributed by atoms with Crippen LogP contribution in [0.15, 0.2) is 12.1 Å². The molecule has 0 heterocycles. The van der Waals surface area contributed by atoms with Crippen molar-refractivity contribution in [2.24, 2.45) is 0 Å². The van der Waals surface area contributed by atoms with Gasteiger partial charge in [-0.2, -0.15) is 0 Å². The first-order chi connectivity index (χ1) is 28.3. The number of esters is 2. The summed E-state index contributed by atoms with van der Waals surface area (Å²) >= 11 is 0. The molecule has 0 aliphatic heterocycles. The van der Waals surface area contributed by atoms with Crippen molar-refractivity contribution in [3.8, 4) is 0 Å². The monoisotopic (exact) mass is 815 g/mol. The standard InChI is InChI=1S/C50H86O8/c1-3-5-7-9-11-13-15-17-19-21-23-25-27-29-31-33-35-37-39-57-49(55)45-41-43(47(51)52)44(48(53)54)42-46(45)50(56)58-40-38-36-34-32-30-28-26-24-22-20-18-16-14-12-10-8-6-4-2/h41-42H,3-40H2,1-2H3,(H,51,52)(H,53,54). The Bertz CT molecular complexity index is 1100. The van der Waals surface area contributed by atoms with Crippen LogP contribution in [-0.2, 0) is 9.47 Å². The Hall–Kier alpha value is -2.90. The molecule has 0 aliphatic rings. The molecule has 0 atom stereocenters. The number of carbonyl (C=O) groups excluding carboxylic acids is 2. The average Bonchev–Trinajstić information content (AvgIpc) is 3.21. The summed E-state index contributed by atoms with van der Waals surface area (Å²) in [6.07, 6.45) is 45.1. The highest BCUT2D eigenvalue weighted by Gasteiger charge is 2.27. The lowest BCUT2D eigenvalue weighted by Crippen LogP contribution is -2.19. The van der Waals surface area contributed by atoms with Gasteiger partial charge < -0.3 is 19.7 Å². The van der Waals surface area contributed by atoms with Crippen molar-refractivity contribution in [1.82, 2.24) is 0 Å². The molecule has 1 aromatic carbocycles. The number of carboxylic acid groups (broad SMARTS) is 2. The first-order valence-electron chi connectivity index (χ1n) is 24.3. The van der Waals surface area contributed by atoms with Gasteiger partial charge in [-0.05, 0) is 25.0 Å². The number of rotatable bonds is 42. The molecule has 0 amide bonds. The second-order valence-electron chi connectivity index (χ2n) is 16.8. The number of hydrogen-bond donors (Lipinski definition) is 2. The Kier molecular flexibility index (Phi) is 35.1. The Balaban J connectivity index is 2.27. The molecule has 1 aromatic rings. The molecule has 58 heavy (non-hydrogen) atoms. The summed E-state index contributed by atoms with van der Waals surface area (Å²) in [4.78, 5) is 49.9. The smallest absolute Gasteiger partial charge is 0.339 e. The maximum atomic E-state index is 13.1. The zero-order valence-electron chi connectivity index (χ0n) is 37.4. The van der Waals surface area contributed by atoms with Gasteiger partial charge in [0, 0.05) is 0 Å². The van der Waals surface area contributed by atoms with E-state index in [4.69, 9.17) is 9.47 Å². The quantitative estimate of drug-likeness (QED) is 0.0493. The van der Waals surface area contributed by atoms with Crippen LogP contribution in [0.4, 0.5) is 0 Å². The molecule has 0 unspecified atom stereocenters. The third-order valence-electron chi connectivity index (χ3n) is 11.5. The first kappa shape index (κ1) is 53.1. The van der Waals surface area contributed by atoms with Crippen LogP contribution in [0.2, 0.25) is 0 Å². The Morgan fingerprint density at radius 2 is 0.517 bits per heavy atom. The van der Waals surface area contributed by atoms with Crippen LogP contribution in [-0.4, -0.2) is 47.3 Å². The molecule has 1 rings (SSSR count). The fraction of sp³-hybridized carbons (Fsp3) is 0.800. The van der Waals surface area contributed by atoms with E-state index >= 15 is 0 Å². The number of carbonyl (C=O) groups is 4. The third kappa shape index (κ3) is 28.5. The fourth-order valence-electron chi connectivity index (χ4n) is 7.78. The topological polar surface area (TPSA) is 127 Å². The van der Waals surface area contributed by atoms with Gasteiger partial charge in [-0.25, -0.2) is 19.2 Å². The number of unbranched alkanes of at least 4 members (excludes halogenated alkanes) is 34. The summed E-state index contributed by atoms with van der Waals surface area (Å²) in [7, 11) is 0. The van der Waals surface area contributed by atoms with Crippen LogP contribution in [0.5, 0.6) is 0 Å². The van der Waals surface area contributed by atoms with E-state index in [0.717, 1.165) is 50.7 Å². The molecule has 0 aromatic heterocycles. The van der Waals surface area contributed by atoms with Crippen LogP contribution in [0, 0.1) is 0 Å². The minimum absolute atomic E-state index is 0.133. The van der Waals surface area contributed by atoms with Crippen LogP contribution >= 0.6 is 0 Å². The van der Waals surface area contributed by atoms with Crippen LogP contribution in [0.3, 0.4) is 0 Å². The molecule has 334 valence electrons.